The van der Waals surface area contributed by atoms with Crippen LogP contribution in [0.4, 0.5) is 0 Å². The molecule has 1 saturated heterocycles. The molecule has 112 valence electrons. The Hall–Kier alpha value is -0.120. The van der Waals surface area contributed by atoms with Crippen LogP contribution in [-0.2, 0) is 9.47 Å². The fraction of sp³-hybridized carbons (Fsp3) is 1.00. The Morgan fingerprint density at radius 2 is 2.11 bits per heavy atom. The average molecular weight is 269 g/mol. The van der Waals surface area contributed by atoms with Gasteiger partial charge in [-0.1, -0.05) is 13.8 Å². The van der Waals surface area contributed by atoms with Gasteiger partial charge in [0.2, 0.25) is 0 Å². The zero-order chi connectivity index (χ0) is 13.6. The van der Waals surface area contributed by atoms with Crippen LogP contribution in [0.25, 0.3) is 0 Å². The van der Waals surface area contributed by atoms with E-state index >= 15 is 0 Å². The highest BCUT2D eigenvalue weighted by Gasteiger charge is 2.38. The van der Waals surface area contributed by atoms with Crippen molar-refractivity contribution in [3.63, 3.8) is 0 Å². The third-order valence-corrected chi connectivity index (χ3v) is 4.42. The maximum atomic E-state index is 6.25. The maximum absolute atomic E-state index is 6.25. The SMILES string of the molecule is CC(C)CNCCC1(OCC2CCCCO2)CCC1. The summed E-state index contributed by atoms with van der Waals surface area (Å²) in [7, 11) is 0. The molecule has 3 heteroatoms. The summed E-state index contributed by atoms with van der Waals surface area (Å²) in [5.74, 6) is 0.730. The van der Waals surface area contributed by atoms with Crippen LogP contribution < -0.4 is 5.32 Å². The van der Waals surface area contributed by atoms with Crippen molar-refractivity contribution in [2.75, 3.05) is 26.3 Å². The molecule has 1 unspecified atom stereocenters. The summed E-state index contributed by atoms with van der Waals surface area (Å²) >= 11 is 0. The van der Waals surface area contributed by atoms with Crippen molar-refractivity contribution in [1.82, 2.24) is 5.32 Å². The molecular weight excluding hydrogens is 238 g/mol. The summed E-state index contributed by atoms with van der Waals surface area (Å²) in [6.07, 6.45) is 9.03. The summed E-state index contributed by atoms with van der Waals surface area (Å²) in [6, 6.07) is 0. The molecule has 1 aliphatic heterocycles. The predicted molar refractivity (Wildman–Crippen MR) is 78.4 cm³/mol. The van der Waals surface area contributed by atoms with E-state index in [1.807, 2.05) is 0 Å². The van der Waals surface area contributed by atoms with Crippen molar-refractivity contribution in [3.05, 3.63) is 0 Å². The van der Waals surface area contributed by atoms with Crippen molar-refractivity contribution in [2.45, 2.75) is 70.5 Å². The Labute approximate surface area is 118 Å². The van der Waals surface area contributed by atoms with Crippen LogP contribution in [0, 0.1) is 5.92 Å². The molecule has 1 N–H and O–H groups in total. The molecule has 0 aromatic rings. The summed E-state index contributed by atoms with van der Waals surface area (Å²) < 4.78 is 12.0. The normalized spacial score (nSPS) is 26.4. The molecule has 2 aliphatic rings. The minimum absolute atomic E-state index is 0.171. The zero-order valence-electron chi connectivity index (χ0n) is 12.7. The quantitative estimate of drug-likeness (QED) is 0.687. The highest BCUT2D eigenvalue weighted by molar-refractivity contribution is 4.90. The first-order chi connectivity index (χ1) is 9.20. The van der Waals surface area contributed by atoms with E-state index in [0.717, 1.165) is 38.6 Å². The molecule has 1 aliphatic carbocycles. The molecule has 0 radical (unpaired) electrons. The third-order valence-electron chi connectivity index (χ3n) is 4.42. The first-order valence-electron chi connectivity index (χ1n) is 8.16. The first kappa shape index (κ1) is 15.3. The largest absolute Gasteiger partial charge is 0.376 e. The van der Waals surface area contributed by atoms with E-state index in [1.165, 1.54) is 38.5 Å². The smallest absolute Gasteiger partial charge is 0.0808 e. The van der Waals surface area contributed by atoms with E-state index in [0.29, 0.717) is 6.10 Å². The topological polar surface area (TPSA) is 30.5 Å². The fourth-order valence-electron chi connectivity index (χ4n) is 2.95. The monoisotopic (exact) mass is 269 g/mol. The number of rotatable bonds is 8. The van der Waals surface area contributed by atoms with E-state index in [4.69, 9.17) is 9.47 Å². The van der Waals surface area contributed by atoms with E-state index in [9.17, 15) is 0 Å². The second-order valence-electron chi connectivity index (χ2n) is 6.68. The van der Waals surface area contributed by atoms with Gasteiger partial charge in [0.15, 0.2) is 0 Å². The van der Waals surface area contributed by atoms with E-state index in [1.54, 1.807) is 0 Å². The van der Waals surface area contributed by atoms with Crippen LogP contribution in [-0.4, -0.2) is 38.0 Å². The zero-order valence-corrected chi connectivity index (χ0v) is 12.7. The lowest BCUT2D eigenvalue weighted by molar-refractivity contribution is -0.143. The third kappa shape index (κ3) is 5.05. The van der Waals surface area contributed by atoms with Crippen molar-refractivity contribution in [3.8, 4) is 0 Å². The number of hydrogen-bond acceptors (Lipinski definition) is 3. The fourth-order valence-corrected chi connectivity index (χ4v) is 2.95. The predicted octanol–water partition coefficient (Wildman–Crippen LogP) is 3.13. The number of hydrogen-bond donors (Lipinski definition) is 1. The molecule has 1 atom stereocenters. The minimum atomic E-state index is 0.171. The molecule has 0 amide bonds. The van der Waals surface area contributed by atoms with E-state index in [-0.39, 0.29) is 5.60 Å². The van der Waals surface area contributed by atoms with Gasteiger partial charge >= 0.3 is 0 Å². The Morgan fingerprint density at radius 3 is 2.68 bits per heavy atom. The highest BCUT2D eigenvalue weighted by Crippen LogP contribution is 2.38. The first-order valence-corrected chi connectivity index (χ1v) is 8.16. The lowest BCUT2D eigenvalue weighted by atomic mass is 9.77. The van der Waals surface area contributed by atoms with Gasteiger partial charge in [0.05, 0.1) is 18.3 Å². The van der Waals surface area contributed by atoms with Crippen LogP contribution in [0.3, 0.4) is 0 Å². The number of nitrogens with one attached hydrogen (secondary N) is 1. The molecule has 1 saturated carbocycles. The van der Waals surface area contributed by atoms with Gasteiger partial charge in [-0.05, 0) is 64.0 Å². The van der Waals surface area contributed by atoms with Gasteiger partial charge in [0.25, 0.3) is 0 Å². The molecule has 0 aromatic heterocycles. The Bertz CT molecular complexity index is 245. The Kier molecular flexibility index (Phi) is 6.11. The van der Waals surface area contributed by atoms with Crippen molar-refractivity contribution in [2.24, 2.45) is 5.92 Å². The van der Waals surface area contributed by atoms with Crippen molar-refractivity contribution in [1.29, 1.82) is 0 Å². The molecule has 0 aromatic carbocycles. The summed E-state index contributed by atoms with van der Waals surface area (Å²) in [5, 5.41) is 3.54. The maximum Gasteiger partial charge on any atom is 0.0808 e. The Morgan fingerprint density at radius 1 is 1.26 bits per heavy atom. The van der Waals surface area contributed by atoms with Crippen LogP contribution in [0.1, 0.15) is 58.8 Å². The molecule has 3 nitrogen and oxygen atoms in total. The minimum Gasteiger partial charge on any atom is -0.376 e. The van der Waals surface area contributed by atoms with Gasteiger partial charge in [-0.3, -0.25) is 0 Å². The van der Waals surface area contributed by atoms with Gasteiger partial charge in [-0.2, -0.15) is 0 Å². The van der Waals surface area contributed by atoms with Gasteiger partial charge in [0.1, 0.15) is 0 Å². The van der Waals surface area contributed by atoms with Crippen LogP contribution in [0.15, 0.2) is 0 Å². The molecule has 0 bridgehead atoms. The van der Waals surface area contributed by atoms with Gasteiger partial charge in [-0.25, -0.2) is 0 Å². The van der Waals surface area contributed by atoms with Crippen molar-refractivity contribution < 1.29 is 9.47 Å². The highest BCUT2D eigenvalue weighted by atomic mass is 16.5. The van der Waals surface area contributed by atoms with Crippen molar-refractivity contribution >= 4 is 0 Å². The average Bonchev–Trinajstić information content (AvgIpc) is 2.37. The Balaban J connectivity index is 1.63. The summed E-state index contributed by atoms with van der Waals surface area (Å²) in [5.41, 5.74) is 0.171. The summed E-state index contributed by atoms with van der Waals surface area (Å²) in [4.78, 5) is 0. The number of ether oxygens (including phenoxy) is 2. The molecule has 1 heterocycles. The molecule has 2 rings (SSSR count). The molecular formula is C16H31NO2. The van der Waals surface area contributed by atoms with Crippen LogP contribution in [0.5, 0.6) is 0 Å². The second-order valence-corrected chi connectivity index (χ2v) is 6.68. The standard InChI is InChI=1S/C16H31NO2/c1-14(2)12-17-10-9-16(7-5-8-16)19-13-15-6-3-4-11-18-15/h14-15,17H,3-13H2,1-2H3. The molecule has 19 heavy (non-hydrogen) atoms. The second kappa shape index (κ2) is 7.61. The lowest BCUT2D eigenvalue weighted by Crippen LogP contribution is -2.45. The lowest BCUT2D eigenvalue weighted by Gasteiger charge is -2.43. The molecule has 2 fully saturated rings. The van der Waals surface area contributed by atoms with E-state index in [2.05, 4.69) is 19.2 Å². The van der Waals surface area contributed by atoms with Gasteiger partial charge in [-0.15, -0.1) is 0 Å². The van der Waals surface area contributed by atoms with E-state index < -0.39 is 0 Å². The summed E-state index contributed by atoms with van der Waals surface area (Å²) in [6.45, 7) is 8.44. The van der Waals surface area contributed by atoms with Gasteiger partial charge in [0, 0.05) is 6.61 Å². The van der Waals surface area contributed by atoms with Crippen LogP contribution >= 0.6 is 0 Å². The molecule has 0 spiro atoms. The van der Waals surface area contributed by atoms with Gasteiger partial charge < -0.3 is 14.8 Å². The van der Waals surface area contributed by atoms with Crippen LogP contribution in [0.2, 0.25) is 0 Å².